The van der Waals surface area contributed by atoms with Gasteiger partial charge in [-0.3, -0.25) is 0 Å². The van der Waals surface area contributed by atoms with E-state index in [0.717, 1.165) is 56.2 Å². The second-order valence-corrected chi connectivity index (χ2v) is 11.9. The fourth-order valence-corrected chi connectivity index (χ4v) is 6.47. The molecule has 0 amide bonds. The molecular formula is C29H41FN6OS. The van der Waals surface area contributed by atoms with E-state index in [1.165, 1.54) is 37.8 Å². The standard InChI is InChI=1S/C29H41FN6OS/c1-21-16-22(2)19-36(18-21)26-17-25(35-12-4-3-5-13-35)32-27(33-26)34-28(38)31-20-29(10-14-37-15-11-29)23-6-8-24(30)9-7-23/h6-9,17,21-22H,3-5,10-16,18-20H2,1-2H3,(H2,31,32,33,34,38)/t21-,22+. The van der Waals surface area contributed by atoms with E-state index in [1.54, 1.807) is 0 Å². The summed E-state index contributed by atoms with van der Waals surface area (Å²) in [5.41, 5.74) is 0.941. The molecule has 4 heterocycles. The maximum absolute atomic E-state index is 13.6. The molecule has 1 aromatic heterocycles. The molecule has 1 aromatic carbocycles. The van der Waals surface area contributed by atoms with E-state index < -0.39 is 0 Å². The van der Waals surface area contributed by atoms with Gasteiger partial charge in [0.25, 0.3) is 0 Å². The molecule has 7 nitrogen and oxygen atoms in total. The highest BCUT2D eigenvalue weighted by atomic mass is 32.1. The van der Waals surface area contributed by atoms with Crippen LogP contribution in [0, 0.1) is 17.7 Å². The van der Waals surface area contributed by atoms with Crippen molar-refractivity contribution in [3.8, 4) is 0 Å². The molecule has 0 unspecified atom stereocenters. The van der Waals surface area contributed by atoms with E-state index >= 15 is 0 Å². The van der Waals surface area contributed by atoms with E-state index in [1.807, 2.05) is 12.1 Å². The molecule has 2 N–H and O–H groups in total. The molecule has 0 saturated carbocycles. The third-order valence-corrected chi connectivity index (χ3v) is 8.54. The minimum absolute atomic E-state index is 0.167. The Balaban J connectivity index is 1.33. The summed E-state index contributed by atoms with van der Waals surface area (Å²) in [5, 5.41) is 7.23. The van der Waals surface area contributed by atoms with Crippen molar-refractivity contribution < 1.29 is 9.13 Å². The fourth-order valence-electron chi connectivity index (χ4n) is 6.30. The molecule has 0 radical (unpaired) electrons. The number of halogens is 1. The third kappa shape index (κ3) is 6.54. The van der Waals surface area contributed by atoms with Crippen molar-refractivity contribution >= 4 is 34.9 Å². The first-order valence-electron chi connectivity index (χ1n) is 14.2. The highest BCUT2D eigenvalue weighted by Crippen LogP contribution is 2.34. The normalized spacial score (nSPS) is 23.7. The number of nitrogens with zero attached hydrogens (tertiary/aromatic N) is 4. The van der Waals surface area contributed by atoms with Crippen LogP contribution in [0.1, 0.15) is 57.9 Å². The molecule has 3 aliphatic rings. The molecule has 206 valence electrons. The van der Waals surface area contributed by atoms with E-state index in [9.17, 15) is 4.39 Å². The number of benzene rings is 1. The van der Waals surface area contributed by atoms with Gasteiger partial charge in [-0.2, -0.15) is 9.97 Å². The maximum Gasteiger partial charge on any atom is 0.232 e. The van der Waals surface area contributed by atoms with E-state index in [0.29, 0.717) is 42.7 Å². The molecule has 3 aliphatic heterocycles. The first kappa shape index (κ1) is 27.1. The van der Waals surface area contributed by atoms with Crippen LogP contribution in [0.2, 0.25) is 0 Å². The predicted octanol–water partition coefficient (Wildman–Crippen LogP) is 5.12. The summed E-state index contributed by atoms with van der Waals surface area (Å²) >= 11 is 5.74. The van der Waals surface area contributed by atoms with Gasteiger partial charge in [0.15, 0.2) is 5.11 Å². The van der Waals surface area contributed by atoms with Gasteiger partial charge in [-0.05, 0) is 80.3 Å². The Hall–Kier alpha value is -2.52. The Labute approximate surface area is 231 Å². The number of aromatic nitrogens is 2. The third-order valence-electron chi connectivity index (χ3n) is 8.29. The monoisotopic (exact) mass is 540 g/mol. The molecular weight excluding hydrogens is 499 g/mol. The van der Waals surface area contributed by atoms with Crippen molar-refractivity contribution in [2.24, 2.45) is 11.8 Å². The van der Waals surface area contributed by atoms with Gasteiger partial charge in [0.05, 0.1) is 0 Å². The lowest BCUT2D eigenvalue weighted by molar-refractivity contribution is 0.0515. The van der Waals surface area contributed by atoms with E-state index in [2.05, 4.69) is 40.3 Å². The van der Waals surface area contributed by atoms with Crippen molar-refractivity contribution in [3.05, 3.63) is 41.7 Å². The van der Waals surface area contributed by atoms with Crippen LogP contribution in [0.5, 0.6) is 0 Å². The van der Waals surface area contributed by atoms with Gasteiger partial charge < -0.3 is 25.2 Å². The van der Waals surface area contributed by atoms with Crippen LogP contribution in [0.25, 0.3) is 0 Å². The summed E-state index contributed by atoms with van der Waals surface area (Å²) in [7, 11) is 0. The van der Waals surface area contributed by atoms with Crippen molar-refractivity contribution in [1.82, 2.24) is 15.3 Å². The molecule has 38 heavy (non-hydrogen) atoms. The Morgan fingerprint density at radius 1 is 1.00 bits per heavy atom. The van der Waals surface area contributed by atoms with Gasteiger partial charge in [0.2, 0.25) is 5.95 Å². The van der Waals surface area contributed by atoms with Gasteiger partial charge in [-0.15, -0.1) is 0 Å². The molecule has 0 aliphatic carbocycles. The molecule has 0 spiro atoms. The van der Waals surface area contributed by atoms with Gasteiger partial charge in [-0.1, -0.05) is 26.0 Å². The summed E-state index contributed by atoms with van der Waals surface area (Å²) in [6.07, 6.45) is 6.61. The molecule has 3 saturated heterocycles. The quantitative estimate of drug-likeness (QED) is 0.490. The summed E-state index contributed by atoms with van der Waals surface area (Å²) < 4.78 is 19.3. The topological polar surface area (TPSA) is 65.5 Å². The van der Waals surface area contributed by atoms with Crippen LogP contribution >= 0.6 is 12.2 Å². The summed E-state index contributed by atoms with van der Waals surface area (Å²) in [6.45, 7) is 10.7. The molecule has 2 aromatic rings. The number of piperidine rings is 2. The number of hydrogen-bond donors (Lipinski definition) is 2. The number of hydrogen-bond acceptors (Lipinski definition) is 6. The van der Waals surface area contributed by atoms with Crippen molar-refractivity contribution in [3.63, 3.8) is 0 Å². The number of anilines is 3. The van der Waals surface area contributed by atoms with Crippen LogP contribution in [-0.2, 0) is 10.2 Å². The van der Waals surface area contributed by atoms with Gasteiger partial charge >= 0.3 is 0 Å². The second kappa shape index (κ2) is 12.1. The van der Waals surface area contributed by atoms with E-state index in [-0.39, 0.29) is 11.2 Å². The maximum atomic E-state index is 13.6. The molecule has 9 heteroatoms. The van der Waals surface area contributed by atoms with Crippen molar-refractivity contribution in [2.75, 3.05) is 61.1 Å². The number of ether oxygens (including phenoxy) is 1. The number of nitrogens with one attached hydrogen (secondary N) is 2. The van der Waals surface area contributed by atoms with Crippen LogP contribution in [0.4, 0.5) is 22.0 Å². The average Bonchev–Trinajstić information content (AvgIpc) is 2.92. The molecule has 0 bridgehead atoms. The second-order valence-electron chi connectivity index (χ2n) is 11.5. The number of thiocarbonyl (C=S) groups is 1. The first-order valence-corrected chi connectivity index (χ1v) is 14.6. The smallest absolute Gasteiger partial charge is 0.232 e. The van der Waals surface area contributed by atoms with Gasteiger partial charge in [-0.25, -0.2) is 4.39 Å². The average molecular weight is 541 g/mol. The van der Waals surface area contributed by atoms with Crippen LogP contribution in [0.15, 0.2) is 30.3 Å². The Bertz CT molecular complexity index is 1080. The highest BCUT2D eigenvalue weighted by molar-refractivity contribution is 7.80. The largest absolute Gasteiger partial charge is 0.381 e. The van der Waals surface area contributed by atoms with Crippen molar-refractivity contribution in [2.45, 2.75) is 57.8 Å². The zero-order valence-electron chi connectivity index (χ0n) is 22.7. The summed E-state index contributed by atoms with van der Waals surface area (Å²) in [4.78, 5) is 14.6. The lowest BCUT2D eigenvalue weighted by Gasteiger charge is -2.38. The lowest BCUT2D eigenvalue weighted by atomic mass is 9.74. The zero-order valence-corrected chi connectivity index (χ0v) is 23.5. The lowest BCUT2D eigenvalue weighted by Crippen LogP contribution is -2.45. The van der Waals surface area contributed by atoms with Crippen molar-refractivity contribution in [1.29, 1.82) is 0 Å². The van der Waals surface area contributed by atoms with Crippen LogP contribution in [-0.4, -0.2) is 61.0 Å². The minimum atomic E-state index is -0.222. The summed E-state index contributed by atoms with van der Waals surface area (Å²) in [6, 6.07) is 9.00. The molecule has 5 rings (SSSR count). The first-order chi connectivity index (χ1) is 18.4. The molecule has 3 fully saturated rings. The minimum Gasteiger partial charge on any atom is -0.381 e. The number of rotatable bonds is 6. The Morgan fingerprint density at radius 3 is 2.29 bits per heavy atom. The van der Waals surface area contributed by atoms with Gasteiger partial charge in [0.1, 0.15) is 17.5 Å². The molecule has 2 atom stereocenters. The Morgan fingerprint density at radius 2 is 1.63 bits per heavy atom. The zero-order chi connectivity index (χ0) is 26.5. The Kier molecular flexibility index (Phi) is 8.63. The van der Waals surface area contributed by atoms with Crippen LogP contribution in [0.3, 0.4) is 0 Å². The van der Waals surface area contributed by atoms with Gasteiger partial charge in [0, 0.05) is 57.4 Å². The van der Waals surface area contributed by atoms with E-state index in [4.69, 9.17) is 26.9 Å². The fraction of sp³-hybridized carbons (Fsp3) is 0.621. The predicted molar refractivity (Wildman–Crippen MR) is 156 cm³/mol. The SMILES string of the molecule is C[C@@H]1C[C@H](C)CN(c2cc(N3CCCCC3)nc(NC(=S)NCC3(c4ccc(F)cc4)CCOCC3)n2)C1. The highest BCUT2D eigenvalue weighted by Gasteiger charge is 2.34. The van der Waals surface area contributed by atoms with Crippen LogP contribution < -0.4 is 20.4 Å². The summed E-state index contributed by atoms with van der Waals surface area (Å²) in [5.74, 6) is 3.52.